The van der Waals surface area contributed by atoms with Crippen molar-refractivity contribution < 1.29 is 69.5 Å². The normalized spacial score (nSPS) is 21.7. The number of likely N-dealkylation sites (tertiary alicyclic amines) is 1. The molecule has 0 aromatic carbocycles. The standard InChI is InChI=1S/C19H27N3O3S.K/c1-13(2)22-18(25)15(16(23)14-7-12-26-19(14)22)17(24)20-8-6-11-21-9-4-3-5-10-21;/h7,12-13,23H,3-6,8-11H2,1-2H3,(H,20,24);/q;+1/p-1/i1D3,3D2,12D;. The third-order valence-corrected chi connectivity index (χ3v) is 5.32. The smallest absolute Gasteiger partial charge is 0.871 e. The molecule has 2 aromatic rings. The Bertz CT molecular complexity index is 1060. The summed E-state index contributed by atoms with van der Waals surface area (Å²) in [5, 5.41) is 15.4. The summed E-state index contributed by atoms with van der Waals surface area (Å²) in [5.41, 5.74) is -1.61. The average Bonchev–Trinajstić information content (AvgIpc) is 3.07. The van der Waals surface area contributed by atoms with Crippen molar-refractivity contribution >= 4 is 27.5 Å². The Hall–Kier alpha value is -0.224. The van der Waals surface area contributed by atoms with Crippen LogP contribution < -0.4 is 67.4 Å². The molecule has 3 heterocycles. The van der Waals surface area contributed by atoms with Gasteiger partial charge in [-0.1, -0.05) is 12.1 Å². The van der Waals surface area contributed by atoms with Crippen LogP contribution in [0.25, 0.3) is 10.2 Å². The van der Waals surface area contributed by atoms with Gasteiger partial charge in [0.05, 0.1) is 6.93 Å². The van der Waals surface area contributed by atoms with Crippen molar-refractivity contribution in [1.82, 2.24) is 14.8 Å². The molecule has 1 N–H and O–H groups in total. The van der Waals surface area contributed by atoms with Crippen LogP contribution in [0.2, 0.25) is 0 Å². The first kappa shape index (κ1) is 15.6. The van der Waals surface area contributed by atoms with E-state index in [-0.39, 0.29) is 73.5 Å². The Balaban J connectivity index is 0.00000385. The molecule has 3 rings (SSSR count). The molecule has 1 fully saturated rings. The number of nitrogens with one attached hydrogen (secondary N) is 1. The molecule has 1 atom stereocenters. The second kappa shape index (κ2) is 10.5. The molecule has 1 amide bonds. The van der Waals surface area contributed by atoms with E-state index in [9.17, 15) is 14.7 Å². The van der Waals surface area contributed by atoms with Crippen LogP contribution in [0.5, 0.6) is 5.75 Å². The van der Waals surface area contributed by atoms with Crippen LogP contribution in [-0.4, -0.2) is 41.6 Å². The third kappa shape index (κ3) is 5.23. The summed E-state index contributed by atoms with van der Waals surface area (Å²) in [6, 6.07) is -0.0287. The number of aromatic nitrogens is 1. The fourth-order valence-corrected chi connectivity index (χ4v) is 4.02. The van der Waals surface area contributed by atoms with Gasteiger partial charge >= 0.3 is 51.4 Å². The molecule has 1 unspecified atom stereocenters. The molecule has 0 aliphatic carbocycles. The van der Waals surface area contributed by atoms with E-state index in [4.69, 9.17) is 8.22 Å². The second-order valence-electron chi connectivity index (χ2n) is 6.34. The van der Waals surface area contributed by atoms with Crippen molar-refractivity contribution in [2.24, 2.45) is 0 Å². The zero-order valence-corrected chi connectivity index (χ0v) is 19.6. The van der Waals surface area contributed by atoms with E-state index in [1.54, 1.807) is 0 Å². The number of pyridine rings is 1. The number of piperidine rings is 1. The maximum Gasteiger partial charge on any atom is 1.00 e. The van der Waals surface area contributed by atoms with E-state index < -0.39 is 42.0 Å². The van der Waals surface area contributed by atoms with Crippen LogP contribution in [-0.2, 0) is 0 Å². The molecule has 8 heteroatoms. The average molecular weight is 422 g/mol. The number of hydrogen-bond donors (Lipinski definition) is 1. The number of rotatable bonds is 6. The quantitative estimate of drug-likeness (QED) is 0.496. The van der Waals surface area contributed by atoms with Gasteiger partial charge in [0, 0.05) is 24.8 Å². The van der Waals surface area contributed by atoms with Gasteiger partial charge in [-0.05, 0) is 64.1 Å². The van der Waals surface area contributed by atoms with Gasteiger partial charge in [-0.3, -0.25) is 14.2 Å². The molecule has 1 aliphatic heterocycles. The number of amides is 1. The topological polar surface area (TPSA) is 77.4 Å². The van der Waals surface area contributed by atoms with E-state index in [2.05, 4.69) is 10.2 Å². The molecule has 0 bridgehead atoms. The first-order valence-electron chi connectivity index (χ1n) is 11.7. The number of hydrogen-bond acceptors (Lipinski definition) is 5. The molecular formula is C19H26KN3O3S. The number of nitrogens with zero attached hydrogens (tertiary/aromatic N) is 2. The Morgan fingerprint density at radius 1 is 1.52 bits per heavy atom. The van der Waals surface area contributed by atoms with Crippen molar-refractivity contribution in [1.29, 1.82) is 0 Å². The van der Waals surface area contributed by atoms with Crippen LogP contribution in [0, 0.1) is 0 Å². The largest absolute Gasteiger partial charge is 1.00 e. The van der Waals surface area contributed by atoms with Crippen LogP contribution in [0.1, 0.15) is 64.0 Å². The minimum atomic E-state index is -2.54. The van der Waals surface area contributed by atoms with Gasteiger partial charge in [0.2, 0.25) is 0 Å². The third-order valence-electron chi connectivity index (χ3n) is 4.47. The van der Waals surface area contributed by atoms with Gasteiger partial charge in [0.25, 0.3) is 11.5 Å². The summed E-state index contributed by atoms with van der Waals surface area (Å²) in [7, 11) is 0. The SMILES string of the molecule is [2H]c1cc2c([O-])c(C(=O)NCCCN3CCC([2H])([2H])CC3)c(=O)n(C(C)C([2H])([2H])[2H])c2s1.[K+]. The Morgan fingerprint density at radius 2 is 2.26 bits per heavy atom. The molecule has 2 aromatic heterocycles. The van der Waals surface area contributed by atoms with Crippen molar-refractivity contribution in [3.63, 3.8) is 0 Å². The summed E-state index contributed by atoms with van der Waals surface area (Å²) in [4.78, 5) is 27.9. The second-order valence-corrected chi connectivity index (χ2v) is 7.17. The fourth-order valence-electron chi connectivity index (χ4n) is 3.13. The fraction of sp³-hybridized carbons (Fsp3) is 0.579. The Labute approximate surface area is 214 Å². The van der Waals surface area contributed by atoms with E-state index >= 15 is 0 Å². The maximum absolute atomic E-state index is 13.0. The van der Waals surface area contributed by atoms with Crippen molar-refractivity contribution in [2.45, 2.75) is 45.5 Å². The summed E-state index contributed by atoms with van der Waals surface area (Å²) < 4.78 is 47.2. The zero-order chi connectivity index (χ0) is 23.8. The number of carbonyl (C=O) groups is 1. The number of carbonyl (C=O) groups excluding carboxylic acids is 1. The van der Waals surface area contributed by atoms with E-state index in [0.717, 1.165) is 15.9 Å². The van der Waals surface area contributed by atoms with Crippen molar-refractivity contribution in [3.8, 4) is 5.75 Å². The number of thiophene rings is 1. The summed E-state index contributed by atoms with van der Waals surface area (Å²) in [5.74, 6) is -1.66. The summed E-state index contributed by atoms with van der Waals surface area (Å²) >= 11 is 0.825. The molecule has 6 nitrogen and oxygen atoms in total. The van der Waals surface area contributed by atoms with Gasteiger partial charge in [0.15, 0.2) is 0 Å². The van der Waals surface area contributed by atoms with Gasteiger partial charge in [-0.25, -0.2) is 0 Å². The first-order valence-corrected chi connectivity index (χ1v) is 9.50. The zero-order valence-electron chi connectivity index (χ0n) is 21.6. The van der Waals surface area contributed by atoms with Gasteiger partial charge in [-0.15, -0.1) is 11.3 Å². The minimum Gasteiger partial charge on any atom is -0.871 e. The van der Waals surface area contributed by atoms with Gasteiger partial charge < -0.3 is 15.3 Å². The van der Waals surface area contributed by atoms with Crippen LogP contribution in [0.4, 0.5) is 0 Å². The molecule has 1 saturated heterocycles. The van der Waals surface area contributed by atoms with E-state index in [1.165, 1.54) is 13.0 Å². The van der Waals surface area contributed by atoms with E-state index in [0.29, 0.717) is 38.9 Å². The molecule has 0 radical (unpaired) electrons. The predicted molar refractivity (Wildman–Crippen MR) is 103 cm³/mol. The maximum atomic E-state index is 13.0. The number of fused-ring (bicyclic) bond motifs is 1. The predicted octanol–water partition coefficient (Wildman–Crippen LogP) is -0.673. The Kier molecular flexibility index (Phi) is 6.08. The van der Waals surface area contributed by atoms with E-state index in [1.807, 2.05) is 0 Å². The molecule has 0 saturated carbocycles. The first-order chi connectivity index (χ1) is 14.8. The molecule has 1 aliphatic rings. The van der Waals surface area contributed by atoms with Crippen LogP contribution in [0.15, 0.2) is 16.2 Å². The molecule has 142 valence electrons. The van der Waals surface area contributed by atoms with Crippen LogP contribution in [0.3, 0.4) is 0 Å². The van der Waals surface area contributed by atoms with Crippen molar-refractivity contribution in [3.05, 3.63) is 27.3 Å². The Morgan fingerprint density at radius 3 is 2.96 bits per heavy atom. The molecular weight excluding hydrogens is 389 g/mol. The summed E-state index contributed by atoms with van der Waals surface area (Å²) in [6.45, 7) is 0.908. The minimum absolute atomic E-state index is 0. The van der Waals surface area contributed by atoms with Gasteiger partial charge in [0.1, 0.15) is 4.83 Å². The summed E-state index contributed by atoms with van der Waals surface area (Å²) in [6.07, 6.45) is 0.331. The molecule has 0 spiro atoms. The van der Waals surface area contributed by atoms with Gasteiger partial charge in [-0.2, -0.15) is 0 Å². The monoisotopic (exact) mass is 421 g/mol. The van der Waals surface area contributed by atoms with Crippen molar-refractivity contribution in [2.75, 3.05) is 26.2 Å². The molecule has 27 heavy (non-hydrogen) atoms. The van der Waals surface area contributed by atoms with Crippen LogP contribution >= 0.6 is 11.3 Å².